The highest BCUT2D eigenvalue weighted by atomic mass is 79.9. The van der Waals surface area contributed by atoms with E-state index in [2.05, 4.69) is 15.9 Å². The highest BCUT2D eigenvalue weighted by molar-refractivity contribution is 9.10. The van der Waals surface area contributed by atoms with E-state index in [1.807, 2.05) is 26.0 Å². The van der Waals surface area contributed by atoms with Gasteiger partial charge in [0.15, 0.2) is 11.5 Å². The molecule has 0 spiro atoms. The maximum Gasteiger partial charge on any atom is 0.161 e. The van der Waals surface area contributed by atoms with Gasteiger partial charge in [0.05, 0.1) is 13.2 Å². The van der Waals surface area contributed by atoms with E-state index in [-0.39, 0.29) is 11.6 Å². The summed E-state index contributed by atoms with van der Waals surface area (Å²) < 4.78 is 12.2. The Balaban J connectivity index is 2.44. The molecule has 1 aromatic rings. The van der Waals surface area contributed by atoms with Crippen molar-refractivity contribution in [2.24, 2.45) is 5.73 Å². The van der Waals surface area contributed by atoms with Crippen molar-refractivity contribution < 1.29 is 9.47 Å². The third-order valence-electron chi connectivity index (χ3n) is 3.65. The van der Waals surface area contributed by atoms with Crippen molar-refractivity contribution in [2.45, 2.75) is 51.2 Å². The Morgan fingerprint density at radius 1 is 1.21 bits per heavy atom. The van der Waals surface area contributed by atoms with Gasteiger partial charge in [0.25, 0.3) is 0 Å². The van der Waals surface area contributed by atoms with Crippen molar-refractivity contribution in [3.63, 3.8) is 0 Å². The molecule has 0 heterocycles. The first-order valence-electron chi connectivity index (χ1n) is 6.80. The average molecular weight is 328 g/mol. The Hall–Kier alpha value is -0.740. The van der Waals surface area contributed by atoms with Gasteiger partial charge in [-0.2, -0.15) is 0 Å². The molecule has 1 fully saturated rings. The van der Waals surface area contributed by atoms with Gasteiger partial charge in [0, 0.05) is 10.0 Å². The molecule has 19 heavy (non-hydrogen) atoms. The van der Waals surface area contributed by atoms with Crippen LogP contribution >= 0.6 is 15.9 Å². The summed E-state index contributed by atoms with van der Waals surface area (Å²) in [7, 11) is 1.66. The normalized spacial score (nSPS) is 17.8. The van der Waals surface area contributed by atoms with Gasteiger partial charge in [0.1, 0.15) is 0 Å². The van der Waals surface area contributed by atoms with E-state index < -0.39 is 0 Å². The molecule has 1 aromatic carbocycles. The Morgan fingerprint density at radius 3 is 2.37 bits per heavy atom. The molecule has 106 valence electrons. The third kappa shape index (κ3) is 3.06. The second kappa shape index (κ2) is 5.71. The highest BCUT2D eigenvalue weighted by Crippen LogP contribution is 2.44. The number of nitrogens with two attached hydrogens (primary N) is 1. The van der Waals surface area contributed by atoms with E-state index in [1.54, 1.807) is 7.11 Å². The first-order chi connectivity index (χ1) is 8.96. The minimum Gasteiger partial charge on any atom is -0.493 e. The van der Waals surface area contributed by atoms with Gasteiger partial charge in [-0.05, 0) is 44.4 Å². The average Bonchev–Trinajstić information content (AvgIpc) is 2.78. The number of halogens is 1. The molecule has 2 rings (SSSR count). The molecule has 0 aliphatic heterocycles. The molecule has 2 N–H and O–H groups in total. The molecule has 0 aromatic heterocycles. The largest absolute Gasteiger partial charge is 0.493 e. The standard InChI is InChI=1S/C15H22BrNO2/c1-10(2)19-14-8-11(12(16)9-13(14)18-3)15(17)6-4-5-7-15/h8-10H,4-7,17H2,1-3H3. The predicted octanol–water partition coefficient (Wildman–Crippen LogP) is 3.97. The fourth-order valence-electron chi connectivity index (χ4n) is 2.70. The number of rotatable bonds is 4. The molecule has 0 radical (unpaired) electrons. The second-order valence-electron chi connectivity index (χ2n) is 5.51. The molecule has 0 atom stereocenters. The van der Waals surface area contributed by atoms with E-state index in [1.165, 1.54) is 12.8 Å². The van der Waals surface area contributed by atoms with Crippen molar-refractivity contribution >= 4 is 15.9 Å². The third-order valence-corrected chi connectivity index (χ3v) is 4.30. The fraction of sp³-hybridized carbons (Fsp3) is 0.600. The van der Waals surface area contributed by atoms with Gasteiger partial charge < -0.3 is 15.2 Å². The zero-order chi connectivity index (χ0) is 14.0. The summed E-state index contributed by atoms with van der Waals surface area (Å²) in [4.78, 5) is 0. The molecule has 0 bridgehead atoms. The van der Waals surface area contributed by atoms with Gasteiger partial charge in [0.2, 0.25) is 0 Å². The van der Waals surface area contributed by atoms with Crippen molar-refractivity contribution in [2.75, 3.05) is 7.11 Å². The van der Waals surface area contributed by atoms with Crippen LogP contribution in [0.4, 0.5) is 0 Å². The van der Waals surface area contributed by atoms with Crippen molar-refractivity contribution in [1.82, 2.24) is 0 Å². The molecular weight excluding hydrogens is 306 g/mol. The van der Waals surface area contributed by atoms with Gasteiger partial charge >= 0.3 is 0 Å². The summed E-state index contributed by atoms with van der Waals surface area (Å²) >= 11 is 3.62. The van der Waals surface area contributed by atoms with Crippen molar-refractivity contribution in [3.05, 3.63) is 22.2 Å². The van der Waals surface area contributed by atoms with Crippen LogP contribution in [0.25, 0.3) is 0 Å². The van der Waals surface area contributed by atoms with Crippen LogP contribution in [-0.4, -0.2) is 13.2 Å². The van der Waals surface area contributed by atoms with Gasteiger partial charge in [-0.1, -0.05) is 28.8 Å². The minimum atomic E-state index is -0.236. The number of methoxy groups -OCH3 is 1. The maximum atomic E-state index is 6.55. The van der Waals surface area contributed by atoms with Crippen molar-refractivity contribution in [1.29, 1.82) is 0 Å². The van der Waals surface area contributed by atoms with Gasteiger partial charge in [-0.15, -0.1) is 0 Å². The summed E-state index contributed by atoms with van der Waals surface area (Å²) in [6.45, 7) is 4.02. The first-order valence-corrected chi connectivity index (χ1v) is 7.59. The monoisotopic (exact) mass is 327 g/mol. The van der Waals surface area contributed by atoms with Crippen LogP contribution in [0.15, 0.2) is 16.6 Å². The fourth-order valence-corrected chi connectivity index (χ4v) is 3.41. The van der Waals surface area contributed by atoms with E-state index in [0.29, 0.717) is 0 Å². The smallest absolute Gasteiger partial charge is 0.161 e. The molecule has 0 amide bonds. The topological polar surface area (TPSA) is 44.5 Å². The Labute approximate surface area is 123 Å². The molecule has 1 aliphatic carbocycles. The lowest BCUT2D eigenvalue weighted by atomic mass is 9.89. The molecule has 3 nitrogen and oxygen atoms in total. The van der Waals surface area contributed by atoms with E-state index >= 15 is 0 Å². The molecule has 1 aliphatic rings. The van der Waals surface area contributed by atoms with Crippen LogP contribution < -0.4 is 15.2 Å². The number of hydrogen-bond donors (Lipinski definition) is 1. The zero-order valence-electron chi connectivity index (χ0n) is 11.8. The molecule has 0 unspecified atom stereocenters. The number of hydrogen-bond acceptors (Lipinski definition) is 3. The summed E-state index contributed by atoms with van der Waals surface area (Å²) in [5.41, 5.74) is 7.44. The lowest BCUT2D eigenvalue weighted by Crippen LogP contribution is -2.33. The minimum absolute atomic E-state index is 0.111. The van der Waals surface area contributed by atoms with Crippen molar-refractivity contribution in [3.8, 4) is 11.5 Å². The lowest BCUT2D eigenvalue weighted by molar-refractivity contribution is 0.229. The van der Waals surface area contributed by atoms with E-state index in [9.17, 15) is 0 Å². The zero-order valence-corrected chi connectivity index (χ0v) is 13.4. The molecule has 4 heteroatoms. The van der Waals surface area contributed by atoms with E-state index in [0.717, 1.165) is 34.4 Å². The molecular formula is C15H22BrNO2. The van der Waals surface area contributed by atoms with Crippen LogP contribution in [0, 0.1) is 0 Å². The SMILES string of the molecule is COc1cc(Br)c(C2(N)CCCC2)cc1OC(C)C. The molecule has 0 saturated heterocycles. The summed E-state index contributed by atoms with van der Waals surface area (Å²) in [6, 6.07) is 3.99. The Morgan fingerprint density at radius 2 is 1.84 bits per heavy atom. The maximum absolute atomic E-state index is 6.55. The first kappa shape index (κ1) is 14.7. The van der Waals surface area contributed by atoms with Gasteiger partial charge in [-0.3, -0.25) is 0 Å². The number of benzene rings is 1. The van der Waals surface area contributed by atoms with Crippen LogP contribution in [0.1, 0.15) is 45.1 Å². The summed E-state index contributed by atoms with van der Waals surface area (Å²) in [5.74, 6) is 1.51. The van der Waals surface area contributed by atoms with E-state index in [4.69, 9.17) is 15.2 Å². The van der Waals surface area contributed by atoms with Gasteiger partial charge in [-0.25, -0.2) is 0 Å². The summed E-state index contributed by atoms with van der Waals surface area (Å²) in [5, 5.41) is 0. The number of ether oxygens (including phenoxy) is 2. The van der Waals surface area contributed by atoms with Crippen LogP contribution in [-0.2, 0) is 5.54 Å². The lowest BCUT2D eigenvalue weighted by Gasteiger charge is -2.27. The van der Waals surface area contributed by atoms with Crippen LogP contribution in [0.2, 0.25) is 0 Å². The Bertz CT molecular complexity index is 454. The quantitative estimate of drug-likeness (QED) is 0.909. The second-order valence-corrected chi connectivity index (χ2v) is 6.37. The van der Waals surface area contributed by atoms with Crippen LogP contribution in [0.3, 0.4) is 0 Å². The molecule has 1 saturated carbocycles. The van der Waals surface area contributed by atoms with Crippen LogP contribution in [0.5, 0.6) is 11.5 Å². The predicted molar refractivity (Wildman–Crippen MR) is 80.8 cm³/mol. The highest BCUT2D eigenvalue weighted by Gasteiger charge is 2.34. The Kier molecular flexibility index (Phi) is 4.41. The summed E-state index contributed by atoms with van der Waals surface area (Å²) in [6.07, 6.45) is 4.54.